The Morgan fingerprint density at radius 2 is 1.00 bits per heavy atom. The predicted octanol–water partition coefficient (Wildman–Crippen LogP) is 5.71. The van der Waals surface area contributed by atoms with Gasteiger partial charge in [-0.05, 0) is 11.8 Å². The zero-order chi connectivity index (χ0) is 11.1. The average molecular weight is 222 g/mol. The van der Waals surface area contributed by atoms with Crippen molar-refractivity contribution in [1.29, 1.82) is 0 Å². The molecule has 0 aromatic heterocycles. The minimum absolute atomic E-state index is 1.11. The Bertz CT molecular complexity index is 163. The highest BCUT2D eigenvalue weighted by Gasteiger charge is 2.19. The molecule has 0 amide bonds. The van der Waals surface area contributed by atoms with Crippen LogP contribution in [0.15, 0.2) is 0 Å². The molecule has 16 heavy (non-hydrogen) atoms. The van der Waals surface area contributed by atoms with Crippen molar-refractivity contribution in [2.45, 2.75) is 89.9 Å². The molecule has 0 aliphatic heterocycles. The first-order chi connectivity index (χ1) is 7.95. The summed E-state index contributed by atoms with van der Waals surface area (Å²) in [6.45, 7) is 0. The summed E-state index contributed by atoms with van der Waals surface area (Å²) in [6.07, 6.45) is 21.4. The second-order valence-corrected chi connectivity index (χ2v) is 6.29. The van der Waals surface area contributed by atoms with Crippen LogP contribution in [0.1, 0.15) is 89.9 Å². The Labute approximate surface area is 102 Å². The summed E-state index contributed by atoms with van der Waals surface area (Å²) in [7, 11) is 0. The third-order valence-electron chi connectivity index (χ3n) is 4.65. The van der Waals surface area contributed by atoms with E-state index in [1.54, 1.807) is 38.5 Å². The molecule has 0 atom stereocenters. The lowest BCUT2D eigenvalue weighted by molar-refractivity contribution is 0.328. The van der Waals surface area contributed by atoms with Crippen molar-refractivity contribution < 1.29 is 0 Å². The summed E-state index contributed by atoms with van der Waals surface area (Å²) in [5.74, 6) is 2.27. The van der Waals surface area contributed by atoms with Crippen LogP contribution in [0.3, 0.4) is 0 Å². The van der Waals surface area contributed by atoms with Crippen molar-refractivity contribution in [3.8, 4) is 0 Å². The van der Waals surface area contributed by atoms with Crippen LogP contribution < -0.4 is 0 Å². The van der Waals surface area contributed by atoms with E-state index in [0.29, 0.717) is 0 Å². The van der Waals surface area contributed by atoms with E-state index in [-0.39, 0.29) is 0 Å². The highest BCUT2D eigenvalue weighted by atomic mass is 14.3. The molecule has 2 rings (SSSR count). The molecule has 0 heterocycles. The standard InChI is InChI=1S/C16H30/c1(3-6-12-16-13-14-16)2-5-9-15-10-7-4-8-11-15/h15-16H,1-14H2. The van der Waals surface area contributed by atoms with Crippen LogP contribution in [0, 0.1) is 11.8 Å². The number of hydrogen-bond acceptors (Lipinski definition) is 0. The van der Waals surface area contributed by atoms with E-state index in [4.69, 9.17) is 0 Å². The van der Waals surface area contributed by atoms with E-state index in [9.17, 15) is 0 Å². The molecule has 0 aromatic carbocycles. The molecule has 0 bridgehead atoms. The molecule has 0 saturated heterocycles. The second-order valence-electron chi connectivity index (χ2n) is 6.29. The summed E-state index contributed by atoms with van der Waals surface area (Å²) < 4.78 is 0. The molecule has 2 fully saturated rings. The number of hydrogen-bond donors (Lipinski definition) is 0. The van der Waals surface area contributed by atoms with Crippen LogP contribution in [0.25, 0.3) is 0 Å². The van der Waals surface area contributed by atoms with Crippen molar-refractivity contribution in [3.63, 3.8) is 0 Å². The van der Waals surface area contributed by atoms with Gasteiger partial charge in [-0.3, -0.25) is 0 Å². The maximum absolute atomic E-state index is 1.54. The summed E-state index contributed by atoms with van der Waals surface area (Å²) >= 11 is 0. The van der Waals surface area contributed by atoms with E-state index in [2.05, 4.69) is 0 Å². The van der Waals surface area contributed by atoms with Crippen LogP contribution in [0.4, 0.5) is 0 Å². The molecule has 0 aromatic rings. The highest BCUT2D eigenvalue weighted by Crippen LogP contribution is 2.34. The largest absolute Gasteiger partial charge is 0.0533 e. The van der Waals surface area contributed by atoms with E-state index in [0.717, 1.165) is 11.8 Å². The summed E-state index contributed by atoms with van der Waals surface area (Å²) in [5.41, 5.74) is 0. The number of unbranched alkanes of at least 4 members (excludes halogenated alkanes) is 4. The minimum Gasteiger partial charge on any atom is -0.0533 e. The van der Waals surface area contributed by atoms with Crippen LogP contribution in [-0.4, -0.2) is 0 Å². The summed E-state index contributed by atoms with van der Waals surface area (Å²) in [5, 5.41) is 0. The maximum Gasteiger partial charge on any atom is -0.0414 e. The van der Waals surface area contributed by atoms with Crippen molar-refractivity contribution in [2.75, 3.05) is 0 Å². The van der Waals surface area contributed by atoms with Gasteiger partial charge in [-0.2, -0.15) is 0 Å². The van der Waals surface area contributed by atoms with Crippen molar-refractivity contribution >= 4 is 0 Å². The van der Waals surface area contributed by atoms with Crippen molar-refractivity contribution in [1.82, 2.24) is 0 Å². The first kappa shape index (κ1) is 12.5. The van der Waals surface area contributed by atoms with E-state index < -0.39 is 0 Å². The number of rotatable bonds is 8. The fourth-order valence-corrected chi connectivity index (χ4v) is 3.28. The van der Waals surface area contributed by atoms with Crippen molar-refractivity contribution in [2.24, 2.45) is 11.8 Å². The second kappa shape index (κ2) is 7.35. The first-order valence-electron chi connectivity index (χ1n) is 7.95. The molecule has 0 spiro atoms. The quantitative estimate of drug-likeness (QED) is 0.462. The first-order valence-corrected chi connectivity index (χ1v) is 7.95. The van der Waals surface area contributed by atoms with Gasteiger partial charge in [-0.15, -0.1) is 0 Å². The van der Waals surface area contributed by atoms with E-state index >= 15 is 0 Å². The smallest absolute Gasteiger partial charge is 0.0414 e. The van der Waals surface area contributed by atoms with Gasteiger partial charge in [0.25, 0.3) is 0 Å². The van der Waals surface area contributed by atoms with Crippen LogP contribution in [0.2, 0.25) is 0 Å². The summed E-state index contributed by atoms with van der Waals surface area (Å²) in [6, 6.07) is 0. The fraction of sp³-hybridized carbons (Fsp3) is 1.00. The van der Waals surface area contributed by atoms with Gasteiger partial charge in [0.2, 0.25) is 0 Å². The van der Waals surface area contributed by atoms with Gasteiger partial charge in [0, 0.05) is 0 Å². The molecule has 0 radical (unpaired) electrons. The van der Waals surface area contributed by atoms with Gasteiger partial charge in [0.1, 0.15) is 0 Å². The SMILES string of the molecule is C(CCCC1CCCCC1)CCCC1CC1. The zero-order valence-electron chi connectivity index (χ0n) is 11.1. The molecule has 2 aliphatic carbocycles. The highest BCUT2D eigenvalue weighted by molar-refractivity contribution is 4.72. The Kier molecular flexibility index (Phi) is 5.72. The van der Waals surface area contributed by atoms with Crippen LogP contribution in [-0.2, 0) is 0 Å². The van der Waals surface area contributed by atoms with Crippen LogP contribution >= 0.6 is 0 Å². The van der Waals surface area contributed by atoms with Crippen molar-refractivity contribution in [3.05, 3.63) is 0 Å². The third kappa shape index (κ3) is 5.37. The molecule has 0 heteroatoms. The Morgan fingerprint density at radius 3 is 1.56 bits per heavy atom. The van der Waals surface area contributed by atoms with Gasteiger partial charge < -0.3 is 0 Å². The predicted molar refractivity (Wildman–Crippen MR) is 71.6 cm³/mol. The van der Waals surface area contributed by atoms with Gasteiger partial charge >= 0.3 is 0 Å². The monoisotopic (exact) mass is 222 g/mol. The fourth-order valence-electron chi connectivity index (χ4n) is 3.28. The summed E-state index contributed by atoms with van der Waals surface area (Å²) in [4.78, 5) is 0. The lowest BCUT2D eigenvalue weighted by Crippen LogP contribution is -2.05. The van der Waals surface area contributed by atoms with Crippen LogP contribution in [0.5, 0.6) is 0 Å². The Hall–Kier alpha value is 0. The Morgan fingerprint density at radius 1 is 0.500 bits per heavy atom. The lowest BCUT2D eigenvalue weighted by atomic mass is 9.85. The molecule has 0 unspecified atom stereocenters. The molecule has 0 N–H and O–H groups in total. The molecular weight excluding hydrogens is 192 g/mol. The molecule has 2 aliphatic rings. The minimum atomic E-state index is 1.11. The van der Waals surface area contributed by atoms with Gasteiger partial charge in [0.05, 0.1) is 0 Å². The molecular formula is C16H30. The van der Waals surface area contributed by atoms with Gasteiger partial charge in [-0.25, -0.2) is 0 Å². The zero-order valence-corrected chi connectivity index (χ0v) is 11.1. The maximum atomic E-state index is 1.54. The normalized spacial score (nSPS) is 22.5. The van der Waals surface area contributed by atoms with Gasteiger partial charge in [-0.1, -0.05) is 89.9 Å². The lowest BCUT2D eigenvalue weighted by Gasteiger charge is -2.21. The molecule has 0 nitrogen and oxygen atoms in total. The van der Waals surface area contributed by atoms with E-state index in [1.165, 1.54) is 51.4 Å². The molecule has 94 valence electrons. The van der Waals surface area contributed by atoms with Gasteiger partial charge in [0.15, 0.2) is 0 Å². The third-order valence-corrected chi connectivity index (χ3v) is 4.65. The Balaban J connectivity index is 1.33. The molecule has 2 saturated carbocycles. The van der Waals surface area contributed by atoms with E-state index in [1.807, 2.05) is 0 Å². The average Bonchev–Trinajstić information content (AvgIpc) is 3.13. The topological polar surface area (TPSA) is 0 Å².